The van der Waals surface area contributed by atoms with Gasteiger partial charge in [0.25, 0.3) is 0 Å². The molecule has 0 amide bonds. The fraction of sp³-hybridized carbons (Fsp3) is 0.571. The van der Waals surface area contributed by atoms with Crippen LogP contribution in [0.3, 0.4) is 0 Å². The molecule has 0 spiro atoms. The van der Waals surface area contributed by atoms with Crippen molar-refractivity contribution < 1.29 is 0 Å². The summed E-state index contributed by atoms with van der Waals surface area (Å²) in [6.07, 6.45) is 3.95. The molecular formula is C14H20N. The molecule has 0 aromatic heterocycles. The quantitative estimate of drug-likeness (QED) is 0.712. The van der Waals surface area contributed by atoms with Gasteiger partial charge >= 0.3 is 0 Å². The smallest absolute Gasteiger partial charge is 0.00952 e. The molecule has 1 aliphatic carbocycles. The molecule has 1 fully saturated rings. The Bertz CT molecular complexity index is 330. The zero-order valence-corrected chi connectivity index (χ0v) is 9.96. The van der Waals surface area contributed by atoms with Crippen LogP contribution in [-0.2, 0) is 0 Å². The summed E-state index contributed by atoms with van der Waals surface area (Å²) < 4.78 is 0. The maximum Gasteiger partial charge on any atom is 0.00952 e. The fourth-order valence-corrected chi connectivity index (χ4v) is 2.55. The van der Waals surface area contributed by atoms with Gasteiger partial charge in [-0.15, -0.1) is 0 Å². The molecule has 0 aliphatic heterocycles. The van der Waals surface area contributed by atoms with E-state index >= 15 is 0 Å². The van der Waals surface area contributed by atoms with E-state index in [0.717, 1.165) is 12.0 Å². The third-order valence-electron chi connectivity index (χ3n) is 3.54. The molecule has 1 aromatic carbocycles. The highest BCUT2D eigenvalue weighted by Crippen LogP contribution is 2.36. The molecule has 1 saturated carbocycles. The van der Waals surface area contributed by atoms with Gasteiger partial charge in [0, 0.05) is 6.04 Å². The van der Waals surface area contributed by atoms with Crippen molar-refractivity contribution in [2.24, 2.45) is 0 Å². The lowest BCUT2D eigenvalue weighted by Crippen LogP contribution is -2.24. The monoisotopic (exact) mass is 202 g/mol. The molecule has 2 rings (SSSR count). The highest BCUT2D eigenvalue weighted by atomic mass is 15.1. The number of benzene rings is 1. The van der Waals surface area contributed by atoms with Gasteiger partial charge in [0.2, 0.25) is 0 Å². The van der Waals surface area contributed by atoms with Crippen molar-refractivity contribution in [3.63, 3.8) is 0 Å². The highest BCUT2D eigenvalue weighted by Gasteiger charge is 2.26. The van der Waals surface area contributed by atoms with E-state index < -0.39 is 0 Å². The average molecular weight is 202 g/mol. The van der Waals surface area contributed by atoms with Crippen LogP contribution in [0.15, 0.2) is 18.2 Å². The summed E-state index contributed by atoms with van der Waals surface area (Å²) in [5.41, 5.74) is 2.68. The van der Waals surface area contributed by atoms with Crippen molar-refractivity contribution in [3.8, 4) is 0 Å². The second-order valence-corrected chi connectivity index (χ2v) is 4.92. The van der Waals surface area contributed by atoms with E-state index in [1.165, 1.54) is 30.4 Å². The standard InChI is InChI=1S/C14H20N/c1-11-5-4-6-12(9-11)13-7-8-14(10-13)15(2)3/h4-6,13-14H,7-8,10H2,1-3H3. The lowest BCUT2D eigenvalue weighted by molar-refractivity contribution is 0.296. The van der Waals surface area contributed by atoms with Crippen molar-refractivity contribution in [2.75, 3.05) is 14.1 Å². The zero-order valence-electron chi connectivity index (χ0n) is 9.96. The van der Waals surface area contributed by atoms with Crippen LogP contribution in [-0.4, -0.2) is 25.0 Å². The predicted octanol–water partition coefficient (Wildman–Crippen LogP) is 2.99. The normalized spacial score (nSPS) is 26.1. The van der Waals surface area contributed by atoms with E-state index in [-0.39, 0.29) is 0 Å². The SMILES string of the molecule is Cc1[c]c(C2CCC(N(C)C)C2)ccc1. The Morgan fingerprint density at radius 1 is 1.27 bits per heavy atom. The van der Waals surface area contributed by atoms with Gasteiger partial charge in [-0.2, -0.15) is 0 Å². The van der Waals surface area contributed by atoms with Gasteiger partial charge < -0.3 is 4.90 Å². The minimum absolute atomic E-state index is 0.734. The van der Waals surface area contributed by atoms with Crippen molar-refractivity contribution in [1.29, 1.82) is 0 Å². The summed E-state index contributed by atoms with van der Waals surface area (Å²) in [5.74, 6) is 0.734. The van der Waals surface area contributed by atoms with Gasteiger partial charge in [-0.05, 0) is 63.4 Å². The van der Waals surface area contributed by atoms with Crippen LogP contribution >= 0.6 is 0 Å². The predicted molar refractivity (Wildman–Crippen MR) is 64.1 cm³/mol. The highest BCUT2D eigenvalue weighted by molar-refractivity contribution is 5.25. The number of hydrogen-bond acceptors (Lipinski definition) is 1. The van der Waals surface area contributed by atoms with Gasteiger partial charge in [-0.3, -0.25) is 0 Å². The van der Waals surface area contributed by atoms with Gasteiger partial charge in [-0.25, -0.2) is 0 Å². The summed E-state index contributed by atoms with van der Waals surface area (Å²) >= 11 is 0. The molecule has 0 N–H and O–H groups in total. The molecule has 0 heterocycles. The lowest BCUT2D eigenvalue weighted by atomic mass is 9.96. The third kappa shape index (κ3) is 2.40. The summed E-state index contributed by atoms with van der Waals surface area (Å²) in [6, 6.07) is 10.8. The van der Waals surface area contributed by atoms with Crippen LogP contribution in [0.4, 0.5) is 0 Å². The topological polar surface area (TPSA) is 3.24 Å². The molecule has 2 atom stereocenters. The van der Waals surface area contributed by atoms with Crippen molar-refractivity contribution in [2.45, 2.75) is 38.1 Å². The van der Waals surface area contributed by atoms with E-state index in [2.05, 4.69) is 50.2 Å². The van der Waals surface area contributed by atoms with Gasteiger partial charge in [0.1, 0.15) is 0 Å². The Morgan fingerprint density at radius 2 is 2.07 bits per heavy atom. The van der Waals surface area contributed by atoms with Crippen LogP contribution in [0.25, 0.3) is 0 Å². The van der Waals surface area contributed by atoms with Crippen LogP contribution < -0.4 is 0 Å². The number of hydrogen-bond donors (Lipinski definition) is 0. The molecule has 1 aliphatic rings. The van der Waals surface area contributed by atoms with Crippen LogP contribution in [0, 0.1) is 13.0 Å². The Labute approximate surface area is 93.1 Å². The largest absolute Gasteiger partial charge is 0.306 e. The van der Waals surface area contributed by atoms with Crippen LogP contribution in [0.2, 0.25) is 0 Å². The van der Waals surface area contributed by atoms with Crippen molar-refractivity contribution in [3.05, 3.63) is 35.4 Å². The Kier molecular flexibility index (Phi) is 3.11. The maximum atomic E-state index is 3.49. The molecule has 2 unspecified atom stereocenters. The Balaban J connectivity index is 2.08. The van der Waals surface area contributed by atoms with Gasteiger partial charge in [0.05, 0.1) is 0 Å². The first-order chi connectivity index (χ1) is 7.16. The summed E-state index contributed by atoms with van der Waals surface area (Å²) in [5, 5.41) is 0. The minimum Gasteiger partial charge on any atom is -0.306 e. The Morgan fingerprint density at radius 3 is 2.67 bits per heavy atom. The summed E-state index contributed by atoms with van der Waals surface area (Å²) in [4.78, 5) is 2.36. The second kappa shape index (κ2) is 4.36. The first-order valence-electron chi connectivity index (χ1n) is 5.82. The van der Waals surface area contributed by atoms with Gasteiger partial charge in [0.15, 0.2) is 0 Å². The van der Waals surface area contributed by atoms with Gasteiger partial charge in [-0.1, -0.05) is 18.2 Å². The maximum absolute atomic E-state index is 3.49. The zero-order chi connectivity index (χ0) is 10.8. The fourth-order valence-electron chi connectivity index (χ4n) is 2.55. The first kappa shape index (κ1) is 10.7. The molecule has 0 bridgehead atoms. The number of nitrogens with zero attached hydrogens (tertiary/aromatic N) is 1. The van der Waals surface area contributed by atoms with Crippen molar-refractivity contribution >= 4 is 0 Å². The Hall–Kier alpha value is -0.820. The molecule has 15 heavy (non-hydrogen) atoms. The number of aryl methyl sites for hydroxylation is 1. The van der Waals surface area contributed by atoms with E-state index in [4.69, 9.17) is 0 Å². The van der Waals surface area contributed by atoms with Crippen molar-refractivity contribution in [1.82, 2.24) is 4.90 Å². The molecule has 0 saturated heterocycles. The average Bonchev–Trinajstić information content (AvgIpc) is 2.66. The van der Waals surface area contributed by atoms with Crippen LogP contribution in [0.1, 0.15) is 36.3 Å². The lowest BCUT2D eigenvalue weighted by Gasteiger charge is -2.19. The molecule has 1 nitrogen and oxygen atoms in total. The van der Waals surface area contributed by atoms with E-state index in [9.17, 15) is 0 Å². The third-order valence-corrected chi connectivity index (χ3v) is 3.54. The number of rotatable bonds is 2. The molecule has 1 heteroatoms. The van der Waals surface area contributed by atoms with Crippen LogP contribution in [0.5, 0.6) is 0 Å². The second-order valence-electron chi connectivity index (χ2n) is 4.92. The molecule has 1 radical (unpaired) electrons. The van der Waals surface area contributed by atoms with E-state index in [1.54, 1.807) is 0 Å². The summed E-state index contributed by atoms with van der Waals surface area (Å²) in [7, 11) is 4.38. The first-order valence-corrected chi connectivity index (χ1v) is 5.82. The van der Waals surface area contributed by atoms with E-state index in [0.29, 0.717) is 0 Å². The summed E-state index contributed by atoms with van der Waals surface area (Å²) in [6.45, 7) is 2.13. The molecular weight excluding hydrogens is 182 g/mol. The molecule has 81 valence electrons. The molecule has 1 aromatic rings. The van der Waals surface area contributed by atoms with E-state index in [1.807, 2.05) is 0 Å². The minimum atomic E-state index is 0.734.